The Bertz CT molecular complexity index is 1150. The molecule has 178 valence electrons. The summed E-state index contributed by atoms with van der Waals surface area (Å²) in [7, 11) is 1.41. The van der Waals surface area contributed by atoms with Gasteiger partial charge in [-0.1, -0.05) is 29.8 Å². The summed E-state index contributed by atoms with van der Waals surface area (Å²) in [5.74, 6) is 0.744. The van der Waals surface area contributed by atoms with Crippen LogP contribution in [0, 0.1) is 5.92 Å². The van der Waals surface area contributed by atoms with Crippen LogP contribution in [-0.2, 0) is 9.53 Å². The van der Waals surface area contributed by atoms with Gasteiger partial charge in [-0.3, -0.25) is 14.5 Å². The van der Waals surface area contributed by atoms with Gasteiger partial charge in [-0.2, -0.15) is 4.98 Å². The normalized spacial score (nSPS) is 14.2. The number of methoxy groups -OCH3 is 1. The number of nitrogens with one attached hydrogen (secondary N) is 2. The predicted molar refractivity (Wildman–Crippen MR) is 135 cm³/mol. The second-order valence-corrected chi connectivity index (χ2v) is 8.07. The summed E-state index contributed by atoms with van der Waals surface area (Å²) in [6.45, 7) is 2.80. The molecule has 1 fully saturated rings. The van der Waals surface area contributed by atoms with Crippen LogP contribution in [0.15, 0.2) is 41.3 Å². The third-order valence-corrected chi connectivity index (χ3v) is 5.92. The quantitative estimate of drug-likeness (QED) is 0.483. The van der Waals surface area contributed by atoms with Crippen LogP contribution in [-0.4, -0.2) is 59.1 Å². The Morgan fingerprint density at radius 3 is 2.67 bits per heavy atom. The molecule has 2 aromatic heterocycles. The van der Waals surface area contributed by atoms with Crippen LogP contribution >= 0.6 is 36.4 Å². The van der Waals surface area contributed by atoms with Crippen LogP contribution in [0.2, 0.25) is 5.02 Å². The molecular weight excluding hydrogens is 489 g/mol. The number of rotatable bonds is 6. The molecule has 1 saturated heterocycles. The summed E-state index contributed by atoms with van der Waals surface area (Å²) in [6, 6.07) is 8.99. The lowest BCUT2D eigenvalue weighted by atomic mass is 9.97. The maximum Gasteiger partial charge on any atom is 0.319 e. The number of pyridine rings is 1. The number of aromatic nitrogens is 3. The fourth-order valence-electron chi connectivity index (χ4n) is 3.79. The number of carbonyl (C=O) groups is 1. The number of hydrogen-bond acceptors (Lipinski definition) is 7. The van der Waals surface area contributed by atoms with Gasteiger partial charge >= 0.3 is 5.97 Å². The van der Waals surface area contributed by atoms with Gasteiger partial charge in [0.2, 0.25) is 5.95 Å². The van der Waals surface area contributed by atoms with E-state index in [2.05, 4.69) is 25.2 Å². The van der Waals surface area contributed by atoms with E-state index < -0.39 is 0 Å². The van der Waals surface area contributed by atoms with E-state index in [0.29, 0.717) is 40.2 Å². The van der Waals surface area contributed by atoms with Gasteiger partial charge in [-0.25, -0.2) is 4.98 Å². The zero-order valence-corrected chi connectivity index (χ0v) is 20.4. The number of esters is 1. The van der Waals surface area contributed by atoms with E-state index in [9.17, 15) is 9.59 Å². The zero-order chi connectivity index (χ0) is 21.8. The fourth-order valence-corrected chi connectivity index (χ4v) is 4.03. The Morgan fingerprint density at radius 1 is 1.24 bits per heavy atom. The van der Waals surface area contributed by atoms with Crippen molar-refractivity contribution >= 4 is 59.4 Å². The predicted octanol–water partition coefficient (Wildman–Crippen LogP) is 3.78. The van der Waals surface area contributed by atoms with Crippen molar-refractivity contribution in [2.24, 2.45) is 5.92 Å². The average molecular weight is 515 g/mol. The van der Waals surface area contributed by atoms with Crippen LogP contribution in [0.4, 0.5) is 5.95 Å². The first-order valence-corrected chi connectivity index (χ1v) is 10.6. The van der Waals surface area contributed by atoms with E-state index >= 15 is 0 Å². The molecule has 1 aromatic carbocycles. The van der Waals surface area contributed by atoms with Crippen LogP contribution in [0.1, 0.15) is 12.8 Å². The highest BCUT2D eigenvalue weighted by Gasteiger charge is 2.21. The maximum atomic E-state index is 12.6. The molecule has 0 aliphatic carbocycles. The van der Waals surface area contributed by atoms with Gasteiger partial charge in [0.15, 0.2) is 0 Å². The van der Waals surface area contributed by atoms with Crippen molar-refractivity contribution in [2.45, 2.75) is 12.8 Å². The molecule has 33 heavy (non-hydrogen) atoms. The Kier molecular flexibility index (Phi) is 9.91. The monoisotopic (exact) mass is 513 g/mol. The molecular formula is C22H26Cl3N5O3. The van der Waals surface area contributed by atoms with Crippen molar-refractivity contribution in [3.8, 4) is 11.1 Å². The number of nitrogens with zero attached hydrogens (tertiary/aromatic N) is 3. The van der Waals surface area contributed by atoms with Crippen molar-refractivity contribution in [3.05, 3.63) is 51.9 Å². The molecule has 0 amide bonds. The molecule has 1 aliphatic rings. The summed E-state index contributed by atoms with van der Waals surface area (Å²) < 4.78 is 4.73. The Labute approximate surface area is 208 Å². The van der Waals surface area contributed by atoms with Gasteiger partial charge < -0.3 is 15.0 Å². The average Bonchev–Trinajstić information content (AvgIpc) is 2.78. The van der Waals surface area contributed by atoms with Gasteiger partial charge in [-0.05, 0) is 44.0 Å². The van der Waals surface area contributed by atoms with Gasteiger partial charge in [0.05, 0.1) is 13.7 Å². The molecule has 0 unspecified atom stereocenters. The first kappa shape index (κ1) is 26.9. The number of anilines is 1. The Hall–Kier alpha value is -2.39. The van der Waals surface area contributed by atoms with Crippen molar-refractivity contribution in [1.29, 1.82) is 0 Å². The molecule has 4 rings (SSSR count). The highest BCUT2D eigenvalue weighted by atomic mass is 35.5. The van der Waals surface area contributed by atoms with E-state index in [4.69, 9.17) is 16.3 Å². The number of piperidine rings is 1. The SMILES string of the molecule is COC(=O)CN1CCC(CNc2ncc3cc(-c4ccccc4Cl)c(=O)[nH]c3n2)CC1.Cl.Cl. The molecule has 0 radical (unpaired) electrons. The molecule has 2 N–H and O–H groups in total. The minimum Gasteiger partial charge on any atom is -0.468 e. The molecule has 3 aromatic rings. The van der Waals surface area contributed by atoms with Crippen molar-refractivity contribution in [2.75, 3.05) is 38.6 Å². The minimum atomic E-state index is -0.247. The highest BCUT2D eigenvalue weighted by molar-refractivity contribution is 6.33. The number of ether oxygens (including phenoxy) is 1. The summed E-state index contributed by atoms with van der Waals surface area (Å²) >= 11 is 6.24. The highest BCUT2D eigenvalue weighted by Crippen LogP contribution is 2.26. The van der Waals surface area contributed by atoms with E-state index in [1.54, 1.807) is 18.3 Å². The van der Waals surface area contributed by atoms with E-state index in [1.165, 1.54) is 7.11 Å². The zero-order valence-electron chi connectivity index (χ0n) is 18.0. The summed E-state index contributed by atoms with van der Waals surface area (Å²) in [4.78, 5) is 37.8. The topological polar surface area (TPSA) is 100 Å². The number of fused-ring (bicyclic) bond motifs is 1. The largest absolute Gasteiger partial charge is 0.468 e. The lowest BCUT2D eigenvalue weighted by Crippen LogP contribution is -2.39. The first-order valence-electron chi connectivity index (χ1n) is 10.2. The number of halogens is 3. The molecule has 0 spiro atoms. The molecule has 0 bridgehead atoms. The number of aromatic amines is 1. The first-order chi connectivity index (χ1) is 15.0. The van der Waals surface area contributed by atoms with Crippen LogP contribution in [0.5, 0.6) is 0 Å². The molecule has 0 atom stereocenters. The summed E-state index contributed by atoms with van der Waals surface area (Å²) in [6.07, 6.45) is 3.66. The summed E-state index contributed by atoms with van der Waals surface area (Å²) in [5, 5.41) is 4.52. The van der Waals surface area contributed by atoms with Crippen molar-refractivity contribution < 1.29 is 9.53 Å². The third kappa shape index (κ3) is 6.57. The third-order valence-electron chi connectivity index (χ3n) is 5.59. The standard InChI is InChI=1S/C22H24ClN5O3.2ClH/c1-31-19(29)13-28-8-6-14(7-9-28)11-24-22-25-12-15-10-17(21(30)26-20(15)27-22)16-4-2-3-5-18(16)23;;/h2-5,10,12,14H,6-9,11,13H2,1H3,(H2,24,25,26,27,30);2*1H. The van der Waals surface area contributed by atoms with Crippen LogP contribution < -0.4 is 10.9 Å². The lowest BCUT2D eigenvalue weighted by molar-refractivity contribution is -0.142. The number of carbonyl (C=O) groups excluding carboxylic acids is 1. The smallest absolute Gasteiger partial charge is 0.319 e. The van der Waals surface area contributed by atoms with Gasteiger partial charge in [0, 0.05) is 34.3 Å². The second kappa shape index (κ2) is 12.2. The molecule has 0 saturated carbocycles. The molecule has 3 heterocycles. The molecule has 1 aliphatic heterocycles. The van der Waals surface area contributed by atoms with E-state index in [-0.39, 0.29) is 36.3 Å². The van der Waals surface area contributed by atoms with E-state index in [0.717, 1.165) is 37.9 Å². The lowest BCUT2D eigenvalue weighted by Gasteiger charge is -2.31. The number of hydrogen-bond donors (Lipinski definition) is 2. The summed E-state index contributed by atoms with van der Waals surface area (Å²) in [5.41, 5.74) is 1.39. The van der Waals surface area contributed by atoms with Crippen molar-refractivity contribution in [1.82, 2.24) is 19.9 Å². The number of H-pyrrole nitrogens is 1. The van der Waals surface area contributed by atoms with Gasteiger partial charge in [-0.15, -0.1) is 24.8 Å². The Morgan fingerprint density at radius 2 is 1.97 bits per heavy atom. The molecule has 11 heteroatoms. The number of likely N-dealkylation sites (tertiary alicyclic amines) is 1. The molecule has 8 nitrogen and oxygen atoms in total. The van der Waals surface area contributed by atoms with Crippen LogP contribution in [0.3, 0.4) is 0 Å². The second-order valence-electron chi connectivity index (χ2n) is 7.67. The van der Waals surface area contributed by atoms with E-state index in [1.807, 2.05) is 18.2 Å². The van der Waals surface area contributed by atoms with Crippen LogP contribution in [0.25, 0.3) is 22.2 Å². The fraction of sp³-hybridized carbons (Fsp3) is 0.364. The maximum absolute atomic E-state index is 12.6. The van der Waals surface area contributed by atoms with Crippen molar-refractivity contribution in [3.63, 3.8) is 0 Å². The number of benzene rings is 1. The van der Waals surface area contributed by atoms with Gasteiger partial charge in [0.25, 0.3) is 5.56 Å². The van der Waals surface area contributed by atoms with Gasteiger partial charge in [0.1, 0.15) is 5.65 Å². The Balaban J connectivity index is 0.00000193. The minimum absolute atomic E-state index is 0.